The quantitative estimate of drug-likeness (QED) is 0.316. The fraction of sp³-hybridized carbons (Fsp3) is 0.333. The zero-order valence-corrected chi connectivity index (χ0v) is 11.1. The smallest absolute Gasteiger partial charge is 0.308 e. The fourth-order valence-electron chi connectivity index (χ4n) is 1.50. The molecule has 0 amide bonds. The zero-order chi connectivity index (χ0) is 14.4. The lowest BCUT2D eigenvalue weighted by Crippen LogP contribution is -2.23. The van der Waals surface area contributed by atoms with Crippen LogP contribution >= 0.6 is 11.8 Å². The summed E-state index contributed by atoms with van der Waals surface area (Å²) in [6.07, 6.45) is -2.98. The molecule has 0 radical (unpaired) electrons. The highest BCUT2D eigenvalue weighted by atomic mass is 32.2. The van der Waals surface area contributed by atoms with Crippen molar-refractivity contribution in [2.45, 2.75) is 23.5 Å². The molecule has 2 unspecified atom stereocenters. The van der Waals surface area contributed by atoms with Crippen LogP contribution in [0.25, 0.3) is 0 Å². The summed E-state index contributed by atoms with van der Waals surface area (Å²) in [5.74, 6) is -0.632. The standard InChI is InChI=1S/C12H14N2O4S/c1-18-11(16)5-10(15)12(17)8-4-7(19-6-13)2-3-9(8)14/h2-4,10,12,15,17H,5,14H2,1H3. The van der Waals surface area contributed by atoms with Gasteiger partial charge in [0, 0.05) is 16.1 Å². The number of thioether (sulfide) groups is 1. The van der Waals surface area contributed by atoms with Crippen LogP contribution in [0.1, 0.15) is 18.1 Å². The van der Waals surface area contributed by atoms with Gasteiger partial charge in [-0.3, -0.25) is 4.79 Å². The number of hydrogen-bond acceptors (Lipinski definition) is 7. The van der Waals surface area contributed by atoms with E-state index in [1.165, 1.54) is 19.2 Å². The third-order valence-electron chi connectivity index (χ3n) is 2.51. The third-order valence-corrected chi connectivity index (χ3v) is 3.09. The van der Waals surface area contributed by atoms with Crippen molar-refractivity contribution in [2.24, 2.45) is 0 Å². The SMILES string of the molecule is COC(=O)CC(O)C(O)c1cc(SC#N)ccc1N. The summed E-state index contributed by atoms with van der Waals surface area (Å²) in [5.41, 5.74) is 6.26. The lowest BCUT2D eigenvalue weighted by molar-refractivity contribution is -0.144. The Kier molecular flexibility index (Phi) is 5.63. The summed E-state index contributed by atoms with van der Waals surface area (Å²) in [5, 5.41) is 30.2. The Balaban J connectivity index is 2.91. The topological polar surface area (TPSA) is 117 Å². The van der Waals surface area contributed by atoms with Crippen LogP contribution in [-0.4, -0.2) is 29.4 Å². The van der Waals surface area contributed by atoms with Crippen LogP contribution in [0, 0.1) is 10.7 Å². The van der Waals surface area contributed by atoms with E-state index in [4.69, 9.17) is 11.0 Å². The molecule has 0 saturated carbocycles. The summed E-state index contributed by atoms with van der Waals surface area (Å²) < 4.78 is 4.41. The number of benzene rings is 1. The van der Waals surface area contributed by atoms with Crippen LogP contribution in [-0.2, 0) is 9.53 Å². The number of thiocyanates is 1. The summed E-state index contributed by atoms with van der Waals surface area (Å²) in [4.78, 5) is 11.6. The molecule has 4 N–H and O–H groups in total. The van der Waals surface area contributed by atoms with Gasteiger partial charge in [-0.15, -0.1) is 0 Å². The van der Waals surface area contributed by atoms with E-state index in [-0.39, 0.29) is 17.7 Å². The highest BCUT2D eigenvalue weighted by molar-refractivity contribution is 8.03. The molecule has 0 fully saturated rings. The number of nitriles is 1. The number of carbonyl (C=O) groups excluding carboxylic acids is 1. The first-order chi connectivity index (χ1) is 8.99. The number of nitrogens with two attached hydrogens (primary N) is 1. The van der Waals surface area contributed by atoms with E-state index >= 15 is 0 Å². The van der Waals surface area contributed by atoms with E-state index in [9.17, 15) is 15.0 Å². The molecule has 1 rings (SSSR count). The Morgan fingerprint density at radius 2 is 2.26 bits per heavy atom. The molecule has 0 aliphatic carbocycles. The predicted octanol–water partition coefficient (Wildman–Crippen LogP) is 0.799. The van der Waals surface area contributed by atoms with Crippen LogP contribution in [0.2, 0.25) is 0 Å². The molecule has 1 aromatic carbocycles. The second-order valence-corrected chi connectivity index (χ2v) is 4.63. The molecule has 0 spiro atoms. The molecule has 0 aliphatic heterocycles. The van der Waals surface area contributed by atoms with Crippen LogP contribution in [0.3, 0.4) is 0 Å². The number of nitrogens with zero attached hydrogens (tertiary/aromatic N) is 1. The molecule has 2 atom stereocenters. The second kappa shape index (κ2) is 6.99. The number of ether oxygens (including phenoxy) is 1. The Morgan fingerprint density at radius 3 is 2.84 bits per heavy atom. The molecule has 0 aromatic heterocycles. The molecule has 0 heterocycles. The van der Waals surface area contributed by atoms with Crippen molar-refractivity contribution < 1.29 is 19.7 Å². The monoisotopic (exact) mass is 282 g/mol. The number of hydrogen-bond donors (Lipinski definition) is 3. The molecule has 0 aliphatic rings. The van der Waals surface area contributed by atoms with Crippen molar-refractivity contribution in [1.82, 2.24) is 0 Å². The van der Waals surface area contributed by atoms with E-state index in [0.717, 1.165) is 11.8 Å². The molecule has 1 aromatic rings. The summed E-state index contributed by atoms with van der Waals surface area (Å²) in [6, 6.07) is 4.67. The maximum atomic E-state index is 11.0. The number of anilines is 1. The van der Waals surface area contributed by atoms with Gasteiger partial charge >= 0.3 is 5.97 Å². The molecule has 102 valence electrons. The second-order valence-electron chi connectivity index (χ2n) is 3.78. The first-order valence-corrected chi connectivity index (χ1v) is 6.19. The maximum Gasteiger partial charge on any atom is 0.308 e. The number of rotatable bonds is 5. The first-order valence-electron chi connectivity index (χ1n) is 5.38. The summed E-state index contributed by atoms with van der Waals surface area (Å²) in [7, 11) is 1.19. The molecule has 6 nitrogen and oxygen atoms in total. The highest BCUT2D eigenvalue weighted by Gasteiger charge is 2.23. The molecule has 7 heteroatoms. The predicted molar refractivity (Wildman–Crippen MR) is 69.9 cm³/mol. The van der Waals surface area contributed by atoms with Crippen LogP contribution in [0.5, 0.6) is 0 Å². The van der Waals surface area contributed by atoms with Gasteiger partial charge in [0.15, 0.2) is 0 Å². The molecule has 0 bridgehead atoms. The number of nitrogen functional groups attached to an aromatic ring is 1. The van der Waals surface area contributed by atoms with Crippen molar-refractivity contribution in [3.05, 3.63) is 23.8 Å². The lowest BCUT2D eigenvalue weighted by Gasteiger charge is -2.19. The van der Waals surface area contributed by atoms with Gasteiger partial charge in [-0.2, -0.15) is 5.26 Å². The summed E-state index contributed by atoms with van der Waals surface area (Å²) in [6.45, 7) is 0. The van der Waals surface area contributed by atoms with Gasteiger partial charge < -0.3 is 20.7 Å². The third kappa shape index (κ3) is 4.13. The lowest BCUT2D eigenvalue weighted by atomic mass is 10.0. The number of methoxy groups -OCH3 is 1. The minimum absolute atomic E-state index is 0.275. The van der Waals surface area contributed by atoms with Crippen molar-refractivity contribution >= 4 is 23.4 Å². The van der Waals surface area contributed by atoms with Gasteiger partial charge in [0.2, 0.25) is 0 Å². The van der Waals surface area contributed by atoms with E-state index in [1.807, 2.05) is 5.40 Å². The van der Waals surface area contributed by atoms with E-state index < -0.39 is 18.2 Å². The number of aliphatic hydroxyl groups is 2. The Hall–Kier alpha value is -1.75. The Bertz CT molecular complexity index is 501. The Morgan fingerprint density at radius 1 is 1.58 bits per heavy atom. The van der Waals surface area contributed by atoms with Gasteiger partial charge in [-0.1, -0.05) is 0 Å². The largest absolute Gasteiger partial charge is 0.469 e. The molecule has 19 heavy (non-hydrogen) atoms. The fourth-order valence-corrected chi connectivity index (χ4v) is 1.93. The van der Waals surface area contributed by atoms with E-state index in [1.54, 1.807) is 6.07 Å². The highest BCUT2D eigenvalue weighted by Crippen LogP contribution is 2.29. The summed E-state index contributed by atoms with van der Waals surface area (Å²) >= 11 is 0.911. The average Bonchev–Trinajstić information content (AvgIpc) is 2.40. The minimum atomic E-state index is -1.32. The van der Waals surface area contributed by atoms with Gasteiger partial charge in [-0.25, -0.2) is 0 Å². The van der Waals surface area contributed by atoms with E-state index in [2.05, 4.69) is 4.74 Å². The van der Waals surface area contributed by atoms with Crippen molar-refractivity contribution in [3.63, 3.8) is 0 Å². The number of aliphatic hydroxyl groups excluding tert-OH is 2. The van der Waals surface area contributed by atoms with Gasteiger partial charge in [-0.05, 0) is 30.0 Å². The van der Waals surface area contributed by atoms with Gasteiger partial charge in [0.05, 0.1) is 19.6 Å². The number of esters is 1. The number of carbonyl (C=O) groups is 1. The van der Waals surface area contributed by atoms with Crippen LogP contribution in [0.4, 0.5) is 5.69 Å². The normalized spacial score (nSPS) is 13.4. The van der Waals surface area contributed by atoms with Gasteiger partial charge in [0.1, 0.15) is 11.5 Å². The maximum absolute atomic E-state index is 11.0. The average molecular weight is 282 g/mol. The van der Waals surface area contributed by atoms with Crippen LogP contribution in [0.15, 0.2) is 23.1 Å². The molecular weight excluding hydrogens is 268 g/mol. The van der Waals surface area contributed by atoms with Gasteiger partial charge in [0.25, 0.3) is 0 Å². The van der Waals surface area contributed by atoms with Crippen molar-refractivity contribution in [3.8, 4) is 5.40 Å². The van der Waals surface area contributed by atoms with Crippen molar-refractivity contribution in [2.75, 3.05) is 12.8 Å². The van der Waals surface area contributed by atoms with Crippen LogP contribution < -0.4 is 5.73 Å². The molecular formula is C12H14N2O4S. The van der Waals surface area contributed by atoms with E-state index in [0.29, 0.717) is 4.90 Å². The zero-order valence-electron chi connectivity index (χ0n) is 10.2. The Labute approximate surface area is 114 Å². The van der Waals surface area contributed by atoms with Crippen molar-refractivity contribution in [1.29, 1.82) is 5.26 Å². The minimum Gasteiger partial charge on any atom is -0.469 e. The first kappa shape index (κ1) is 15.3. The molecule has 0 saturated heterocycles.